The molecule has 3 aromatic rings. The van der Waals surface area contributed by atoms with E-state index in [4.69, 9.17) is 0 Å². The van der Waals surface area contributed by atoms with Crippen molar-refractivity contribution in [3.63, 3.8) is 0 Å². The molecule has 0 aliphatic rings. The molecule has 10 nitrogen and oxygen atoms in total. The van der Waals surface area contributed by atoms with Crippen LogP contribution in [0, 0.1) is 10.1 Å². The number of sulfone groups is 1. The predicted molar refractivity (Wildman–Crippen MR) is 104 cm³/mol. The van der Waals surface area contributed by atoms with Crippen molar-refractivity contribution >= 4 is 31.2 Å². The van der Waals surface area contributed by atoms with Crippen LogP contribution in [0.3, 0.4) is 0 Å². The number of nitro benzene ring substituents is 1. The molecule has 0 radical (unpaired) electrons. The van der Waals surface area contributed by atoms with E-state index in [1.54, 1.807) is 12.1 Å². The van der Waals surface area contributed by atoms with Crippen LogP contribution in [0.15, 0.2) is 70.6 Å². The third kappa shape index (κ3) is 4.73. The molecule has 29 heavy (non-hydrogen) atoms. The van der Waals surface area contributed by atoms with Gasteiger partial charge in [0.1, 0.15) is 0 Å². The molecule has 0 bridgehead atoms. The maximum Gasteiger partial charge on any atom is 0.270 e. The third-order valence-electron chi connectivity index (χ3n) is 3.77. The van der Waals surface area contributed by atoms with Gasteiger partial charge in [-0.25, -0.2) is 16.8 Å². The van der Waals surface area contributed by atoms with Gasteiger partial charge in [-0.15, -0.1) is 10.2 Å². The zero-order chi connectivity index (χ0) is 21.2. The van der Waals surface area contributed by atoms with E-state index in [-0.39, 0.29) is 21.3 Å². The maximum atomic E-state index is 12.6. The lowest BCUT2D eigenvalue weighted by Gasteiger charge is -2.09. The van der Waals surface area contributed by atoms with E-state index in [1.807, 2.05) is 0 Å². The van der Waals surface area contributed by atoms with Gasteiger partial charge < -0.3 is 0 Å². The van der Waals surface area contributed by atoms with Crippen molar-refractivity contribution in [3.05, 3.63) is 70.8 Å². The van der Waals surface area contributed by atoms with Crippen LogP contribution in [-0.4, -0.2) is 38.2 Å². The molecule has 0 spiro atoms. The Morgan fingerprint density at radius 3 is 2.28 bits per heavy atom. The molecule has 12 heteroatoms. The quantitative estimate of drug-likeness (QED) is 0.458. The summed E-state index contributed by atoms with van der Waals surface area (Å²) in [6.07, 6.45) is 1.01. The van der Waals surface area contributed by atoms with Crippen molar-refractivity contribution in [1.29, 1.82) is 0 Å². The second-order valence-electron chi connectivity index (χ2n) is 5.97. The second kappa shape index (κ2) is 7.56. The number of aromatic nitrogens is 2. The lowest BCUT2D eigenvalue weighted by molar-refractivity contribution is -0.385. The number of rotatable bonds is 6. The summed E-state index contributed by atoms with van der Waals surface area (Å²) in [7, 11) is -7.55. The van der Waals surface area contributed by atoms with Crippen LogP contribution < -0.4 is 4.72 Å². The first kappa shape index (κ1) is 20.4. The minimum absolute atomic E-state index is 0.177. The van der Waals surface area contributed by atoms with E-state index in [0.717, 1.165) is 12.3 Å². The lowest BCUT2D eigenvalue weighted by Crippen LogP contribution is -2.13. The number of non-ortho nitro benzene ring substituents is 1. The van der Waals surface area contributed by atoms with Crippen LogP contribution >= 0.6 is 0 Å². The molecule has 0 saturated heterocycles. The SMILES string of the molecule is CS(=O)(=O)c1ccc(-c2cccc(NS(=O)(=O)c3cccc([N+](=O)[O-])c3)c2)nn1. The Labute approximate surface area is 166 Å². The van der Waals surface area contributed by atoms with Gasteiger partial charge in [0, 0.05) is 29.6 Å². The van der Waals surface area contributed by atoms with Gasteiger partial charge in [-0.3, -0.25) is 14.8 Å². The Morgan fingerprint density at radius 2 is 1.66 bits per heavy atom. The van der Waals surface area contributed by atoms with Gasteiger partial charge in [0.2, 0.25) is 0 Å². The van der Waals surface area contributed by atoms with Crippen LogP contribution in [0.25, 0.3) is 11.3 Å². The van der Waals surface area contributed by atoms with Crippen molar-refractivity contribution in [3.8, 4) is 11.3 Å². The van der Waals surface area contributed by atoms with Crippen LogP contribution in [0.5, 0.6) is 0 Å². The fraction of sp³-hybridized carbons (Fsp3) is 0.0588. The summed E-state index contributed by atoms with van der Waals surface area (Å²) in [6, 6.07) is 13.6. The zero-order valence-corrected chi connectivity index (χ0v) is 16.5. The Balaban J connectivity index is 1.90. The lowest BCUT2D eigenvalue weighted by atomic mass is 10.1. The first-order valence-corrected chi connectivity index (χ1v) is 11.4. The number of hydrogen-bond donors (Lipinski definition) is 1. The van der Waals surface area contributed by atoms with Gasteiger partial charge in [-0.2, -0.15) is 0 Å². The van der Waals surface area contributed by atoms with E-state index >= 15 is 0 Å². The standard InChI is InChI=1S/C17H14N4O6S2/c1-28(24,25)17-9-8-16(18-19-17)12-4-2-5-13(10-12)20-29(26,27)15-7-3-6-14(11-15)21(22)23/h2-11,20H,1H3. The monoisotopic (exact) mass is 434 g/mol. The Bertz CT molecular complexity index is 1290. The number of nitrogens with zero attached hydrogens (tertiary/aromatic N) is 3. The van der Waals surface area contributed by atoms with E-state index in [0.29, 0.717) is 11.3 Å². The topological polar surface area (TPSA) is 149 Å². The molecule has 1 heterocycles. The van der Waals surface area contributed by atoms with Gasteiger partial charge in [-0.1, -0.05) is 18.2 Å². The molecule has 3 rings (SSSR count). The number of anilines is 1. The number of benzene rings is 2. The van der Waals surface area contributed by atoms with E-state index < -0.39 is 24.8 Å². The summed E-state index contributed by atoms with van der Waals surface area (Å²) >= 11 is 0. The molecule has 1 aromatic heterocycles. The van der Waals surface area contributed by atoms with E-state index in [2.05, 4.69) is 14.9 Å². The van der Waals surface area contributed by atoms with Crippen molar-refractivity contribution in [2.24, 2.45) is 0 Å². The molecular formula is C17H14N4O6S2. The molecule has 0 fully saturated rings. The van der Waals surface area contributed by atoms with Crippen LogP contribution in [-0.2, 0) is 19.9 Å². The van der Waals surface area contributed by atoms with Crippen LogP contribution in [0.4, 0.5) is 11.4 Å². The highest BCUT2D eigenvalue weighted by atomic mass is 32.2. The number of nitro groups is 1. The highest BCUT2D eigenvalue weighted by Crippen LogP contribution is 2.24. The highest BCUT2D eigenvalue weighted by Gasteiger charge is 2.18. The second-order valence-corrected chi connectivity index (χ2v) is 9.61. The van der Waals surface area contributed by atoms with Crippen molar-refractivity contribution < 1.29 is 21.8 Å². The number of sulfonamides is 1. The van der Waals surface area contributed by atoms with E-state index in [1.165, 1.54) is 42.5 Å². The average Bonchev–Trinajstić information content (AvgIpc) is 2.67. The summed E-state index contributed by atoms with van der Waals surface area (Å²) in [5.74, 6) is 0. The summed E-state index contributed by atoms with van der Waals surface area (Å²) in [6.45, 7) is 0. The van der Waals surface area contributed by atoms with Gasteiger partial charge >= 0.3 is 0 Å². The molecule has 0 atom stereocenters. The normalized spacial score (nSPS) is 11.8. The summed E-state index contributed by atoms with van der Waals surface area (Å²) in [4.78, 5) is 9.93. The molecular weight excluding hydrogens is 420 g/mol. The maximum absolute atomic E-state index is 12.6. The highest BCUT2D eigenvalue weighted by molar-refractivity contribution is 7.92. The molecule has 150 valence electrons. The summed E-state index contributed by atoms with van der Waals surface area (Å²) in [5.41, 5.74) is 0.691. The minimum Gasteiger partial charge on any atom is -0.280 e. The first-order valence-electron chi connectivity index (χ1n) is 7.98. The number of nitrogens with one attached hydrogen (secondary N) is 1. The van der Waals surface area contributed by atoms with Gasteiger partial charge in [0.05, 0.1) is 15.5 Å². The molecule has 0 aliphatic heterocycles. The third-order valence-corrected chi connectivity index (χ3v) is 6.13. The largest absolute Gasteiger partial charge is 0.280 e. The molecule has 0 aliphatic carbocycles. The van der Waals surface area contributed by atoms with Crippen molar-refractivity contribution in [1.82, 2.24) is 10.2 Å². The molecule has 0 unspecified atom stereocenters. The fourth-order valence-electron chi connectivity index (χ4n) is 2.39. The summed E-state index contributed by atoms with van der Waals surface area (Å²) < 4.78 is 50.4. The zero-order valence-electron chi connectivity index (χ0n) is 14.9. The van der Waals surface area contributed by atoms with Gasteiger partial charge in [0.15, 0.2) is 14.9 Å². The minimum atomic E-state index is -4.06. The van der Waals surface area contributed by atoms with Gasteiger partial charge in [0.25, 0.3) is 15.7 Å². The van der Waals surface area contributed by atoms with Crippen LogP contribution in [0.2, 0.25) is 0 Å². The van der Waals surface area contributed by atoms with E-state index in [9.17, 15) is 26.9 Å². The molecule has 0 amide bonds. The van der Waals surface area contributed by atoms with Crippen molar-refractivity contribution in [2.45, 2.75) is 9.92 Å². The fourth-order valence-corrected chi connectivity index (χ4v) is 3.99. The van der Waals surface area contributed by atoms with Crippen LogP contribution in [0.1, 0.15) is 0 Å². The predicted octanol–water partition coefficient (Wildman–Crippen LogP) is 2.26. The first-order chi connectivity index (χ1) is 13.6. The van der Waals surface area contributed by atoms with Crippen molar-refractivity contribution in [2.75, 3.05) is 11.0 Å². The Hall–Kier alpha value is -3.38. The summed E-state index contributed by atoms with van der Waals surface area (Å²) in [5, 5.41) is 18.2. The average molecular weight is 434 g/mol. The number of hydrogen-bond acceptors (Lipinski definition) is 8. The Kier molecular flexibility index (Phi) is 5.31. The van der Waals surface area contributed by atoms with Gasteiger partial charge in [-0.05, 0) is 30.3 Å². The molecule has 0 saturated carbocycles. The molecule has 2 aromatic carbocycles. The molecule has 1 N–H and O–H groups in total. The smallest absolute Gasteiger partial charge is 0.270 e. The Morgan fingerprint density at radius 1 is 0.931 bits per heavy atom.